The fourth-order valence-corrected chi connectivity index (χ4v) is 2.64. The van der Waals surface area contributed by atoms with E-state index in [9.17, 15) is 0 Å². The molecule has 0 unspecified atom stereocenters. The molecule has 2 nitrogen and oxygen atoms in total. The lowest BCUT2D eigenvalue weighted by atomic mass is 10.1. The molecule has 0 aliphatic carbocycles. The van der Waals surface area contributed by atoms with Gasteiger partial charge >= 0.3 is 0 Å². The number of rotatable bonds is 5. The molecule has 2 aromatic rings. The second kappa shape index (κ2) is 6.67. The summed E-state index contributed by atoms with van der Waals surface area (Å²) >= 11 is 5.95. The monoisotopic (exact) mass is 288 g/mol. The van der Waals surface area contributed by atoms with Gasteiger partial charge in [0.1, 0.15) is 0 Å². The first-order chi connectivity index (χ1) is 9.56. The molecule has 0 atom stereocenters. The number of benzene rings is 2. The van der Waals surface area contributed by atoms with Gasteiger partial charge in [-0.2, -0.15) is 0 Å². The van der Waals surface area contributed by atoms with Crippen molar-refractivity contribution >= 4 is 23.0 Å². The molecule has 0 saturated heterocycles. The van der Waals surface area contributed by atoms with Gasteiger partial charge in [-0.15, -0.1) is 0 Å². The van der Waals surface area contributed by atoms with Crippen LogP contribution in [0.3, 0.4) is 0 Å². The molecule has 0 radical (unpaired) electrons. The highest BCUT2D eigenvalue weighted by molar-refractivity contribution is 6.30. The average molecular weight is 289 g/mol. The Balaban J connectivity index is 1.88. The highest BCUT2D eigenvalue weighted by atomic mass is 35.5. The summed E-state index contributed by atoms with van der Waals surface area (Å²) in [5.74, 6) is 0. The van der Waals surface area contributed by atoms with Crippen LogP contribution in [0.5, 0.6) is 0 Å². The van der Waals surface area contributed by atoms with Crippen molar-refractivity contribution in [3.63, 3.8) is 0 Å². The van der Waals surface area contributed by atoms with Crippen LogP contribution >= 0.6 is 11.6 Å². The molecule has 0 spiro atoms. The van der Waals surface area contributed by atoms with Gasteiger partial charge in [0.05, 0.1) is 0 Å². The summed E-state index contributed by atoms with van der Waals surface area (Å²) in [4.78, 5) is 0. The Labute approximate surface area is 126 Å². The standard InChI is InChI=1S/C17H21ClN2/c1-12-9-13(2)17(14(3)10-12)20-8-7-19-16-6-4-5-15(18)11-16/h4-6,9-11,19-20H,7-8H2,1-3H3. The average Bonchev–Trinajstić information content (AvgIpc) is 2.36. The van der Waals surface area contributed by atoms with E-state index in [4.69, 9.17) is 11.6 Å². The Bertz CT molecular complexity index is 570. The molecule has 0 saturated carbocycles. The summed E-state index contributed by atoms with van der Waals surface area (Å²) in [7, 11) is 0. The van der Waals surface area contributed by atoms with Gasteiger partial charge in [0.2, 0.25) is 0 Å². The molecule has 0 bridgehead atoms. The number of anilines is 2. The lowest BCUT2D eigenvalue weighted by Gasteiger charge is -2.14. The topological polar surface area (TPSA) is 24.1 Å². The Morgan fingerprint density at radius 3 is 2.20 bits per heavy atom. The molecule has 0 heterocycles. The van der Waals surface area contributed by atoms with E-state index < -0.39 is 0 Å². The molecule has 0 amide bonds. The van der Waals surface area contributed by atoms with Gasteiger partial charge in [0.15, 0.2) is 0 Å². The van der Waals surface area contributed by atoms with Gasteiger partial charge in [-0.1, -0.05) is 35.4 Å². The Kier molecular flexibility index (Phi) is 4.91. The first kappa shape index (κ1) is 14.7. The maximum atomic E-state index is 5.95. The molecule has 20 heavy (non-hydrogen) atoms. The van der Waals surface area contributed by atoms with E-state index in [2.05, 4.69) is 43.5 Å². The fraction of sp³-hybridized carbons (Fsp3) is 0.294. The number of hydrogen-bond donors (Lipinski definition) is 2. The van der Waals surface area contributed by atoms with Crippen LogP contribution in [0, 0.1) is 20.8 Å². The summed E-state index contributed by atoms with van der Waals surface area (Å²) in [5.41, 5.74) is 6.19. The van der Waals surface area contributed by atoms with Crippen LogP contribution in [0.15, 0.2) is 36.4 Å². The molecule has 2 N–H and O–H groups in total. The molecular weight excluding hydrogens is 268 g/mol. The number of hydrogen-bond acceptors (Lipinski definition) is 2. The van der Waals surface area contributed by atoms with E-state index in [0.717, 1.165) is 23.8 Å². The zero-order valence-electron chi connectivity index (χ0n) is 12.3. The van der Waals surface area contributed by atoms with Gasteiger partial charge in [-0.3, -0.25) is 0 Å². The molecule has 0 aliphatic heterocycles. The zero-order chi connectivity index (χ0) is 14.5. The predicted molar refractivity (Wildman–Crippen MR) is 89.1 cm³/mol. The van der Waals surface area contributed by atoms with E-state index in [1.165, 1.54) is 22.4 Å². The Hall–Kier alpha value is -1.67. The molecule has 0 fully saturated rings. The van der Waals surface area contributed by atoms with Crippen molar-refractivity contribution in [1.29, 1.82) is 0 Å². The molecule has 2 aromatic carbocycles. The van der Waals surface area contributed by atoms with Crippen molar-refractivity contribution in [1.82, 2.24) is 0 Å². The minimum Gasteiger partial charge on any atom is -0.383 e. The maximum Gasteiger partial charge on any atom is 0.0426 e. The summed E-state index contributed by atoms with van der Waals surface area (Å²) in [6, 6.07) is 12.2. The molecule has 3 heteroatoms. The third kappa shape index (κ3) is 3.91. The smallest absolute Gasteiger partial charge is 0.0426 e. The van der Waals surface area contributed by atoms with Crippen LogP contribution in [-0.2, 0) is 0 Å². The Morgan fingerprint density at radius 2 is 1.55 bits per heavy atom. The van der Waals surface area contributed by atoms with Crippen molar-refractivity contribution in [2.45, 2.75) is 20.8 Å². The lowest BCUT2D eigenvalue weighted by Crippen LogP contribution is -2.14. The summed E-state index contributed by atoms with van der Waals surface area (Å²) in [5, 5.41) is 7.61. The van der Waals surface area contributed by atoms with Crippen molar-refractivity contribution in [2.75, 3.05) is 23.7 Å². The van der Waals surface area contributed by atoms with E-state index >= 15 is 0 Å². The molecular formula is C17H21ClN2. The van der Waals surface area contributed by atoms with Crippen LogP contribution in [-0.4, -0.2) is 13.1 Å². The quantitative estimate of drug-likeness (QED) is 0.773. The minimum atomic E-state index is 0.758. The van der Waals surface area contributed by atoms with Gasteiger partial charge in [0.25, 0.3) is 0 Å². The van der Waals surface area contributed by atoms with Crippen molar-refractivity contribution < 1.29 is 0 Å². The molecule has 106 valence electrons. The van der Waals surface area contributed by atoms with Crippen molar-refractivity contribution in [2.24, 2.45) is 0 Å². The van der Waals surface area contributed by atoms with Gasteiger partial charge in [-0.05, 0) is 50.1 Å². The largest absolute Gasteiger partial charge is 0.383 e. The highest BCUT2D eigenvalue weighted by Crippen LogP contribution is 2.21. The fourth-order valence-electron chi connectivity index (χ4n) is 2.45. The lowest BCUT2D eigenvalue weighted by molar-refractivity contribution is 1.07. The summed E-state index contributed by atoms with van der Waals surface area (Å²) in [6.07, 6.45) is 0. The van der Waals surface area contributed by atoms with Crippen molar-refractivity contribution in [3.05, 3.63) is 58.1 Å². The summed E-state index contributed by atoms with van der Waals surface area (Å²) in [6.45, 7) is 8.15. The molecule has 0 aliphatic rings. The first-order valence-corrected chi connectivity index (χ1v) is 7.25. The normalized spacial score (nSPS) is 10.4. The predicted octanol–water partition coefficient (Wildman–Crippen LogP) is 4.79. The number of aryl methyl sites for hydroxylation is 3. The third-order valence-electron chi connectivity index (χ3n) is 3.26. The van der Waals surface area contributed by atoms with Gasteiger partial charge < -0.3 is 10.6 Å². The van der Waals surface area contributed by atoms with E-state index in [0.29, 0.717) is 0 Å². The SMILES string of the molecule is Cc1cc(C)c(NCCNc2cccc(Cl)c2)c(C)c1. The minimum absolute atomic E-state index is 0.758. The molecule has 2 rings (SSSR count). The zero-order valence-corrected chi connectivity index (χ0v) is 13.0. The summed E-state index contributed by atoms with van der Waals surface area (Å²) < 4.78 is 0. The Morgan fingerprint density at radius 1 is 0.900 bits per heavy atom. The maximum absolute atomic E-state index is 5.95. The van der Waals surface area contributed by atoms with Crippen LogP contribution < -0.4 is 10.6 Å². The van der Waals surface area contributed by atoms with Crippen LogP contribution in [0.2, 0.25) is 5.02 Å². The van der Waals surface area contributed by atoms with Crippen LogP contribution in [0.4, 0.5) is 11.4 Å². The van der Waals surface area contributed by atoms with Crippen molar-refractivity contribution in [3.8, 4) is 0 Å². The first-order valence-electron chi connectivity index (χ1n) is 6.87. The van der Waals surface area contributed by atoms with E-state index in [-0.39, 0.29) is 0 Å². The molecule has 0 aromatic heterocycles. The van der Waals surface area contributed by atoms with E-state index in [1.807, 2.05) is 24.3 Å². The highest BCUT2D eigenvalue weighted by Gasteiger charge is 2.02. The van der Waals surface area contributed by atoms with Crippen LogP contribution in [0.25, 0.3) is 0 Å². The van der Waals surface area contributed by atoms with Crippen LogP contribution in [0.1, 0.15) is 16.7 Å². The second-order valence-corrected chi connectivity index (χ2v) is 5.57. The van der Waals surface area contributed by atoms with E-state index in [1.54, 1.807) is 0 Å². The van der Waals surface area contributed by atoms with Gasteiger partial charge in [-0.25, -0.2) is 0 Å². The third-order valence-corrected chi connectivity index (χ3v) is 3.49. The second-order valence-electron chi connectivity index (χ2n) is 5.14. The number of halogens is 1. The van der Waals surface area contributed by atoms with Gasteiger partial charge in [0, 0.05) is 29.5 Å². The number of nitrogens with one attached hydrogen (secondary N) is 2.